The summed E-state index contributed by atoms with van der Waals surface area (Å²) in [5, 5.41) is 9.96. The molecule has 0 bridgehead atoms. The van der Waals surface area contributed by atoms with E-state index in [1.807, 2.05) is 29.0 Å². The zero-order chi connectivity index (χ0) is 19.6. The number of fused-ring (bicyclic) bond motifs is 1. The molecule has 8 heteroatoms. The number of benzene rings is 1. The van der Waals surface area contributed by atoms with Gasteiger partial charge in [0, 0.05) is 31.0 Å². The smallest absolute Gasteiger partial charge is 0.228 e. The van der Waals surface area contributed by atoms with Gasteiger partial charge in [-0.25, -0.2) is 9.97 Å². The summed E-state index contributed by atoms with van der Waals surface area (Å²) in [5.74, 6) is 0.837. The number of imidazole rings is 1. The van der Waals surface area contributed by atoms with Crippen molar-refractivity contribution in [2.24, 2.45) is 0 Å². The number of aromatic nitrogens is 5. The van der Waals surface area contributed by atoms with Gasteiger partial charge in [0.15, 0.2) is 5.65 Å². The number of morpholine rings is 1. The SMILES string of the molecule is Oc1cccc(-c2nc(N3CCOCC3)nc3c2ncn3Cc2cccnc2)c1. The first-order valence-corrected chi connectivity index (χ1v) is 9.52. The van der Waals surface area contributed by atoms with Crippen LogP contribution in [0, 0.1) is 0 Å². The highest BCUT2D eigenvalue weighted by Gasteiger charge is 2.20. The fraction of sp³-hybridized carbons (Fsp3) is 0.238. The van der Waals surface area contributed by atoms with Crippen molar-refractivity contribution in [3.05, 3.63) is 60.7 Å². The minimum Gasteiger partial charge on any atom is -0.508 e. The Kier molecular flexibility index (Phi) is 4.53. The van der Waals surface area contributed by atoms with Gasteiger partial charge in [0.2, 0.25) is 5.95 Å². The standard InChI is InChI=1S/C21H20N6O2/c28-17-5-1-4-16(11-17)18-19-20(25-21(24-18)26-7-9-29-10-8-26)27(14-23-19)13-15-3-2-6-22-12-15/h1-6,11-12,14,28H,7-10,13H2. The number of hydrogen-bond acceptors (Lipinski definition) is 7. The van der Waals surface area contributed by atoms with Crippen LogP contribution in [0.4, 0.5) is 5.95 Å². The molecular weight excluding hydrogens is 368 g/mol. The molecule has 4 heterocycles. The van der Waals surface area contributed by atoms with E-state index in [1.54, 1.807) is 30.7 Å². The molecule has 4 aromatic rings. The summed E-state index contributed by atoms with van der Waals surface area (Å²) in [5.41, 5.74) is 4.04. The Bertz CT molecular complexity index is 1140. The quantitative estimate of drug-likeness (QED) is 0.574. The molecule has 0 spiro atoms. The van der Waals surface area contributed by atoms with Crippen molar-refractivity contribution in [3.8, 4) is 17.0 Å². The average molecular weight is 388 g/mol. The Balaban J connectivity index is 1.66. The van der Waals surface area contributed by atoms with Crippen LogP contribution in [-0.2, 0) is 11.3 Å². The van der Waals surface area contributed by atoms with Gasteiger partial charge in [0.25, 0.3) is 0 Å². The summed E-state index contributed by atoms with van der Waals surface area (Å²) in [4.78, 5) is 20.6. The van der Waals surface area contributed by atoms with E-state index in [4.69, 9.17) is 14.7 Å². The van der Waals surface area contributed by atoms with Crippen molar-refractivity contribution in [3.63, 3.8) is 0 Å². The molecule has 0 amide bonds. The summed E-state index contributed by atoms with van der Waals surface area (Å²) in [6.07, 6.45) is 5.38. The summed E-state index contributed by atoms with van der Waals surface area (Å²) >= 11 is 0. The molecule has 1 N–H and O–H groups in total. The number of aromatic hydroxyl groups is 1. The Morgan fingerprint density at radius 1 is 1.07 bits per heavy atom. The van der Waals surface area contributed by atoms with Crippen molar-refractivity contribution in [1.29, 1.82) is 0 Å². The van der Waals surface area contributed by atoms with Crippen LogP contribution in [0.15, 0.2) is 55.1 Å². The van der Waals surface area contributed by atoms with Gasteiger partial charge in [-0.05, 0) is 23.8 Å². The molecule has 0 radical (unpaired) electrons. The Morgan fingerprint density at radius 3 is 2.76 bits per heavy atom. The van der Waals surface area contributed by atoms with Crippen LogP contribution in [0.3, 0.4) is 0 Å². The molecule has 146 valence electrons. The van der Waals surface area contributed by atoms with Gasteiger partial charge in [-0.3, -0.25) is 4.98 Å². The Labute approximate surface area is 167 Å². The van der Waals surface area contributed by atoms with Crippen molar-refractivity contribution >= 4 is 17.1 Å². The van der Waals surface area contributed by atoms with Gasteiger partial charge in [0.1, 0.15) is 17.0 Å². The third kappa shape index (κ3) is 3.50. The van der Waals surface area contributed by atoms with Gasteiger partial charge in [-0.15, -0.1) is 0 Å². The predicted molar refractivity (Wildman–Crippen MR) is 109 cm³/mol. The highest BCUT2D eigenvalue weighted by atomic mass is 16.5. The zero-order valence-corrected chi connectivity index (χ0v) is 15.8. The monoisotopic (exact) mass is 388 g/mol. The maximum atomic E-state index is 9.96. The third-order valence-electron chi connectivity index (χ3n) is 4.94. The van der Waals surface area contributed by atoms with Crippen molar-refractivity contribution in [2.45, 2.75) is 6.54 Å². The topological polar surface area (TPSA) is 89.2 Å². The van der Waals surface area contributed by atoms with Crippen LogP contribution in [0.1, 0.15) is 5.56 Å². The number of rotatable bonds is 4. The number of anilines is 1. The van der Waals surface area contributed by atoms with Crippen LogP contribution >= 0.6 is 0 Å². The second kappa shape index (κ2) is 7.48. The van der Waals surface area contributed by atoms with Crippen LogP contribution in [0.25, 0.3) is 22.4 Å². The largest absolute Gasteiger partial charge is 0.508 e. The fourth-order valence-electron chi connectivity index (χ4n) is 3.50. The Hall–Kier alpha value is -3.52. The van der Waals surface area contributed by atoms with Gasteiger partial charge in [0.05, 0.1) is 26.1 Å². The molecule has 8 nitrogen and oxygen atoms in total. The van der Waals surface area contributed by atoms with E-state index in [1.165, 1.54) is 0 Å². The lowest BCUT2D eigenvalue weighted by molar-refractivity contribution is 0.122. The van der Waals surface area contributed by atoms with Crippen molar-refractivity contribution in [2.75, 3.05) is 31.2 Å². The van der Waals surface area contributed by atoms with E-state index in [-0.39, 0.29) is 5.75 Å². The molecule has 1 fully saturated rings. The van der Waals surface area contributed by atoms with E-state index >= 15 is 0 Å². The second-order valence-corrected chi connectivity index (χ2v) is 6.93. The van der Waals surface area contributed by atoms with Crippen molar-refractivity contribution < 1.29 is 9.84 Å². The van der Waals surface area contributed by atoms with Gasteiger partial charge in [-0.1, -0.05) is 18.2 Å². The van der Waals surface area contributed by atoms with Crippen molar-refractivity contribution in [1.82, 2.24) is 24.5 Å². The molecule has 1 aliphatic rings. The maximum Gasteiger partial charge on any atom is 0.228 e. The highest BCUT2D eigenvalue weighted by Crippen LogP contribution is 2.29. The summed E-state index contributed by atoms with van der Waals surface area (Å²) in [6, 6.07) is 11.0. The molecule has 0 saturated carbocycles. The minimum atomic E-state index is 0.192. The number of hydrogen-bond donors (Lipinski definition) is 1. The average Bonchev–Trinajstić information content (AvgIpc) is 3.17. The Morgan fingerprint density at radius 2 is 1.97 bits per heavy atom. The third-order valence-corrected chi connectivity index (χ3v) is 4.94. The lowest BCUT2D eigenvalue weighted by Crippen LogP contribution is -2.37. The number of phenols is 1. The molecule has 3 aromatic heterocycles. The molecule has 1 aliphatic heterocycles. The van der Waals surface area contributed by atoms with E-state index in [0.29, 0.717) is 36.9 Å². The number of pyridine rings is 1. The lowest BCUT2D eigenvalue weighted by atomic mass is 10.1. The van der Waals surface area contributed by atoms with Gasteiger partial charge < -0.3 is 19.3 Å². The molecule has 29 heavy (non-hydrogen) atoms. The van der Waals surface area contributed by atoms with E-state index in [0.717, 1.165) is 29.9 Å². The van der Waals surface area contributed by atoms with E-state index in [9.17, 15) is 5.11 Å². The number of phenolic OH excluding ortho intramolecular Hbond substituents is 1. The van der Waals surface area contributed by atoms with Gasteiger partial charge in [-0.2, -0.15) is 4.98 Å². The van der Waals surface area contributed by atoms with Crippen LogP contribution in [-0.4, -0.2) is 55.9 Å². The molecular formula is C21H20N6O2. The summed E-state index contributed by atoms with van der Waals surface area (Å²) < 4.78 is 7.48. The normalized spacial score (nSPS) is 14.4. The van der Waals surface area contributed by atoms with Gasteiger partial charge >= 0.3 is 0 Å². The molecule has 1 aromatic carbocycles. The summed E-state index contributed by atoms with van der Waals surface area (Å²) in [6.45, 7) is 3.39. The van der Waals surface area contributed by atoms with E-state index in [2.05, 4.69) is 14.9 Å². The first-order valence-electron chi connectivity index (χ1n) is 9.52. The van der Waals surface area contributed by atoms with Crippen LogP contribution in [0.5, 0.6) is 5.75 Å². The number of ether oxygens (including phenoxy) is 1. The molecule has 0 unspecified atom stereocenters. The first kappa shape index (κ1) is 17.6. The maximum absolute atomic E-state index is 9.96. The lowest BCUT2D eigenvalue weighted by Gasteiger charge is -2.27. The first-order chi connectivity index (χ1) is 14.3. The molecule has 0 aliphatic carbocycles. The molecule has 0 atom stereocenters. The highest BCUT2D eigenvalue weighted by molar-refractivity contribution is 5.88. The predicted octanol–water partition coefficient (Wildman–Crippen LogP) is 2.48. The fourth-order valence-corrected chi connectivity index (χ4v) is 3.50. The second-order valence-electron chi connectivity index (χ2n) is 6.93. The van der Waals surface area contributed by atoms with Crippen LogP contribution in [0.2, 0.25) is 0 Å². The van der Waals surface area contributed by atoms with E-state index < -0.39 is 0 Å². The van der Waals surface area contributed by atoms with Crippen LogP contribution < -0.4 is 4.90 Å². The minimum absolute atomic E-state index is 0.192. The molecule has 5 rings (SSSR count). The number of nitrogens with zero attached hydrogens (tertiary/aromatic N) is 6. The zero-order valence-electron chi connectivity index (χ0n) is 15.8. The summed E-state index contributed by atoms with van der Waals surface area (Å²) in [7, 11) is 0. The molecule has 1 saturated heterocycles.